The molecule has 0 aliphatic carbocycles. The molecule has 1 aromatic heterocycles. The number of ether oxygens (including phenoxy) is 3. The first-order valence-corrected chi connectivity index (χ1v) is 8.32. The summed E-state index contributed by atoms with van der Waals surface area (Å²) in [6.07, 6.45) is 2.66. The molecule has 0 radical (unpaired) electrons. The fourth-order valence-electron chi connectivity index (χ4n) is 3.06. The summed E-state index contributed by atoms with van der Waals surface area (Å²) in [4.78, 5) is 13.2. The SMILES string of the molecule is COc1cc2oc3c(OC)cccc3c(=O)c2c(OC)c1CC=C(C)C. The van der Waals surface area contributed by atoms with Gasteiger partial charge in [0, 0.05) is 11.6 Å². The number of fused-ring (bicyclic) bond motifs is 2. The standard InChI is InChI=1S/C21H22O5/c1-12(2)9-10-13-16(24-4)11-17-18(21(13)25-5)19(22)14-7-6-8-15(23-3)20(14)26-17/h6-9,11H,10H2,1-5H3. The molecule has 0 atom stereocenters. The Morgan fingerprint density at radius 1 is 1.08 bits per heavy atom. The van der Waals surface area contributed by atoms with Crippen molar-refractivity contribution in [3.8, 4) is 17.2 Å². The first-order valence-electron chi connectivity index (χ1n) is 8.32. The first kappa shape index (κ1) is 17.9. The fraction of sp³-hybridized carbons (Fsp3) is 0.286. The van der Waals surface area contributed by atoms with Crippen molar-refractivity contribution in [2.24, 2.45) is 0 Å². The number of benzene rings is 2. The van der Waals surface area contributed by atoms with Gasteiger partial charge in [0.2, 0.25) is 5.43 Å². The second-order valence-electron chi connectivity index (χ2n) is 6.22. The predicted octanol–water partition coefficient (Wildman–Crippen LogP) is 4.48. The van der Waals surface area contributed by atoms with Crippen molar-refractivity contribution < 1.29 is 18.6 Å². The summed E-state index contributed by atoms with van der Waals surface area (Å²) >= 11 is 0. The lowest BCUT2D eigenvalue weighted by Gasteiger charge is -2.15. The minimum Gasteiger partial charge on any atom is -0.496 e. The molecule has 26 heavy (non-hydrogen) atoms. The number of methoxy groups -OCH3 is 3. The van der Waals surface area contributed by atoms with Gasteiger partial charge in [-0.15, -0.1) is 0 Å². The Morgan fingerprint density at radius 3 is 2.42 bits per heavy atom. The van der Waals surface area contributed by atoms with E-state index in [1.54, 1.807) is 45.6 Å². The highest BCUT2D eigenvalue weighted by Gasteiger charge is 2.21. The molecular formula is C21H22O5. The normalized spacial score (nSPS) is 10.8. The molecule has 0 saturated heterocycles. The highest BCUT2D eigenvalue weighted by Crippen LogP contribution is 2.38. The fourth-order valence-corrected chi connectivity index (χ4v) is 3.06. The second-order valence-corrected chi connectivity index (χ2v) is 6.22. The molecule has 136 valence electrons. The van der Waals surface area contributed by atoms with Crippen LogP contribution in [0.1, 0.15) is 19.4 Å². The molecule has 0 saturated carbocycles. The molecule has 5 heteroatoms. The Kier molecular flexibility index (Phi) is 4.89. The zero-order valence-corrected chi connectivity index (χ0v) is 15.6. The average molecular weight is 354 g/mol. The Balaban J connectivity index is 2.45. The maximum absolute atomic E-state index is 13.2. The van der Waals surface area contributed by atoms with Gasteiger partial charge in [0.05, 0.1) is 26.7 Å². The van der Waals surface area contributed by atoms with Crippen LogP contribution in [0.3, 0.4) is 0 Å². The molecule has 0 spiro atoms. The van der Waals surface area contributed by atoms with Crippen molar-refractivity contribution in [1.82, 2.24) is 0 Å². The zero-order chi connectivity index (χ0) is 18.8. The molecule has 0 aliphatic heterocycles. The topological polar surface area (TPSA) is 57.9 Å². The van der Waals surface area contributed by atoms with Crippen LogP contribution in [-0.2, 0) is 6.42 Å². The van der Waals surface area contributed by atoms with Crippen molar-refractivity contribution in [2.45, 2.75) is 20.3 Å². The minimum atomic E-state index is -0.155. The molecule has 0 bridgehead atoms. The van der Waals surface area contributed by atoms with E-state index in [0.29, 0.717) is 45.6 Å². The van der Waals surface area contributed by atoms with Gasteiger partial charge in [-0.3, -0.25) is 4.79 Å². The Labute approximate surface area is 151 Å². The van der Waals surface area contributed by atoms with E-state index < -0.39 is 0 Å². The maximum Gasteiger partial charge on any atom is 0.204 e. The summed E-state index contributed by atoms with van der Waals surface area (Å²) in [5.74, 6) is 1.60. The largest absolute Gasteiger partial charge is 0.496 e. The van der Waals surface area contributed by atoms with Crippen molar-refractivity contribution in [1.29, 1.82) is 0 Å². The van der Waals surface area contributed by atoms with Crippen LogP contribution in [0.5, 0.6) is 17.2 Å². The molecule has 0 fully saturated rings. The lowest BCUT2D eigenvalue weighted by Crippen LogP contribution is -2.07. The third-order valence-corrected chi connectivity index (χ3v) is 4.33. The van der Waals surface area contributed by atoms with E-state index in [1.807, 2.05) is 13.8 Å². The van der Waals surface area contributed by atoms with E-state index in [0.717, 1.165) is 5.56 Å². The Bertz CT molecular complexity index is 1060. The smallest absolute Gasteiger partial charge is 0.204 e. The van der Waals surface area contributed by atoms with Gasteiger partial charge in [0.1, 0.15) is 22.5 Å². The number of para-hydroxylation sites is 1. The summed E-state index contributed by atoms with van der Waals surface area (Å²) in [5.41, 5.74) is 2.65. The van der Waals surface area contributed by atoms with Crippen LogP contribution in [0.15, 0.2) is 45.1 Å². The lowest BCUT2D eigenvalue weighted by atomic mass is 10.0. The van der Waals surface area contributed by atoms with Gasteiger partial charge in [0.25, 0.3) is 0 Å². The van der Waals surface area contributed by atoms with Crippen LogP contribution in [0.25, 0.3) is 21.9 Å². The molecule has 2 aromatic carbocycles. The quantitative estimate of drug-likeness (QED) is 0.499. The van der Waals surface area contributed by atoms with Crippen LogP contribution in [-0.4, -0.2) is 21.3 Å². The molecular weight excluding hydrogens is 332 g/mol. The summed E-state index contributed by atoms with van der Waals surface area (Å²) in [7, 11) is 4.68. The van der Waals surface area contributed by atoms with Crippen LogP contribution in [0.2, 0.25) is 0 Å². The van der Waals surface area contributed by atoms with Gasteiger partial charge in [-0.1, -0.05) is 17.7 Å². The summed E-state index contributed by atoms with van der Waals surface area (Å²) in [5, 5.41) is 0.861. The van der Waals surface area contributed by atoms with Gasteiger partial charge in [-0.25, -0.2) is 0 Å². The summed E-state index contributed by atoms with van der Waals surface area (Å²) < 4.78 is 22.5. The Morgan fingerprint density at radius 2 is 1.81 bits per heavy atom. The number of allylic oxidation sites excluding steroid dienone is 2. The zero-order valence-electron chi connectivity index (χ0n) is 15.6. The number of rotatable bonds is 5. The van der Waals surface area contributed by atoms with Crippen molar-refractivity contribution in [3.05, 3.63) is 51.7 Å². The third kappa shape index (κ3) is 2.90. The highest BCUT2D eigenvalue weighted by molar-refractivity contribution is 5.96. The summed E-state index contributed by atoms with van der Waals surface area (Å²) in [6, 6.07) is 6.99. The molecule has 5 nitrogen and oxygen atoms in total. The third-order valence-electron chi connectivity index (χ3n) is 4.33. The van der Waals surface area contributed by atoms with Crippen molar-refractivity contribution >= 4 is 21.9 Å². The van der Waals surface area contributed by atoms with Crippen LogP contribution >= 0.6 is 0 Å². The van der Waals surface area contributed by atoms with Crippen LogP contribution in [0, 0.1) is 0 Å². The number of hydrogen-bond acceptors (Lipinski definition) is 5. The van der Waals surface area contributed by atoms with E-state index >= 15 is 0 Å². The lowest BCUT2D eigenvalue weighted by molar-refractivity contribution is 0.389. The van der Waals surface area contributed by atoms with Gasteiger partial charge < -0.3 is 18.6 Å². The molecule has 1 heterocycles. The van der Waals surface area contributed by atoms with E-state index in [4.69, 9.17) is 18.6 Å². The molecule has 0 N–H and O–H groups in total. The van der Waals surface area contributed by atoms with Crippen molar-refractivity contribution in [3.63, 3.8) is 0 Å². The maximum atomic E-state index is 13.2. The monoisotopic (exact) mass is 354 g/mol. The van der Waals surface area contributed by atoms with Gasteiger partial charge >= 0.3 is 0 Å². The average Bonchev–Trinajstić information content (AvgIpc) is 2.64. The van der Waals surface area contributed by atoms with E-state index in [-0.39, 0.29) is 5.43 Å². The minimum absolute atomic E-state index is 0.155. The molecule has 0 unspecified atom stereocenters. The molecule has 3 rings (SSSR count). The second kappa shape index (κ2) is 7.12. The highest BCUT2D eigenvalue weighted by atomic mass is 16.5. The summed E-state index contributed by atoms with van der Waals surface area (Å²) in [6.45, 7) is 4.04. The van der Waals surface area contributed by atoms with Crippen molar-refractivity contribution in [2.75, 3.05) is 21.3 Å². The van der Waals surface area contributed by atoms with Crippen LogP contribution < -0.4 is 19.6 Å². The molecule has 3 aromatic rings. The molecule has 0 amide bonds. The first-order chi connectivity index (χ1) is 12.5. The molecule has 0 aliphatic rings. The van der Waals surface area contributed by atoms with Crippen LogP contribution in [0.4, 0.5) is 0 Å². The van der Waals surface area contributed by atoms with Gasteiger partial charge in [-0.2, -0.15) is 0 Å². The Hall–Kier alpha value is -2.95. The van der Waals surface area contributed by atoms with E-state index in [1.165, 1.54) is 5.57 Å². The predicted molar refractivity (Wildman–Crippen MR) is 103 cm³/mol. The van der Waals surface area contributed by atoms with Gasteiger partial charge in [0.15, 0.2) is 11.3 Å². The van der Waals surface area contributed by atoms with E-state index in [2.05, 4.69) is 6.08 Å². The number of hydrogen-bond donors (Lipinski definition) is 0. The van der Waals surface area contributed by atoms with E-state index in [9.17, 15) is 4.79 Å². The van der Waals surface area contributed by atoms with Gasteiger partial charge in [-0.05, 0) is 32.4 Å².